The summed E-state index contributed by atoms with van der Waals surface area (Å²) in [6.07, 6.45) is 0.899. The monoisotopic (exact) mass is 266 g/mol. The maximum Gasteiger partial charge on any atom is 0.122 e. The Balaban J connectivity index is 1.91. The van der Waals surface area contributed by atoms with E-state index in [2.05, 4.69) is 17.5 Å². The molecule has 0 amide bonds. The fourth-order valence-corrected chi connectivity index (χ4v) is 2.01. The standard InChI is InChI=1S/C17H18N2O/c1-2-20-17-6-4-3-5-15(17)11-12-19-16-9-7-14(13-18)8-10-16/h3-10,19H,2,11-12H2,1H3. The van der Waals surface area contributed by atoms with E-state index in [1.54, 1.807) is 0 Å². The normalized spacial score (nSPS) is 9.80. The van der Waals surface area contributed by atoms with Crippen molar-refractivity contribution >= 4 is 5.69 Å². The number of rotatable bonds is 6. The summed E-state index contributed by atoms with van der Waals surface area (Å²) in [7, 11) is 0. The van der Waals surface area contributed by atoms with E-state index < -0.39 is 0 Å². The van der Waals surface area contributed by atoms with E-state index in [4.69, 9.17) is 10.00 Å². The van der Waals surface area contributed by atoms with E-state index in [0.29, 0.717) is 12.2 Å². The van der Waals surface area contributed by atoms with E-state index in [9.17, 15) is 0 Å². The quantitative estimate of drug-likeness (QED) is 0.868. The molecule has 3 nitrogen and oxygen atoms in total. The molecular formula is C17H18N2O. The highest BCUT2D eigenvalue weighted by Gasteiger charge is 2.02. The van der Waals surface area contributed by atoms with Gasteiger partial charge in [0.15, 0.2) is 0 Å². The van der Waals surface area contributed by atoms with E-state index in [1.165, 1.54) is 5.56 Å². The van der Waals surface area contributed by atoms with Crippen molar-refractivity contribution in [2.45, 2.75) is 13.3 Å². The summed E-state index contributed by atoms with van der Waals surface area (Å²) < 4.78 is 5.61. The van der Waals surface area contributed by atoms with Crippen molar-refractivity contribution in [3.05, 3.63) is 59.7 Å². The smallest absolute Gasteiger partial charge is 0.122 e. The molecule has 0 saturated carbocycles. The Hall–Kier alpha value is -2.47. The third-order valence-electron chi connectivity index (χ3n) is 3.01. The molecule has 0 bridgehead atoms. The van der Waals surface area contributed by atoms with Crippen LogP contribution < -0.4 is 10.1 Å². The number of nitrogens with one attached hydrogen (secondary N) is 1. The molecule has 102 valence electrons. The molecule has 0 heterocycles. The van der Waals surface area contributed by atoms with E-state index in [0.717, 1.165) is 24.4 Å². The molecule has 2 rings (SSSR count). The van der Waals surface area contributed by atoms with Gasteiger partial charge in [-0.3, -0.25) is 0 Å². The van der Waals surface area contributed by atoms with Gasteiger partial charge in [0.1, 0.15) is 5.75 Å². The molecule has 1 N–H and O–H groups in total. The molecule has 20 heavy (non-hydrogen) atoms. The highest BCUT2D eigenvalue weighted by Crippen LogP contribution is 2.18. The zero-order valence-corrected chi connectivity index (χ0v) is 11.6. The Morgan fingerprint density at radius 1 is 1.10 bits per heavy atom. The first-order chi connectivity index (χ1) is 9.83. The van der Waals surface area contributed by atoms with Gasteiger partial charge in [-0.2, -0.15) is 5.26 Å². The Bertz CT molecular complexity index is 585. The second-order valence-corrected chi connectivity index (χ2v) is 4.41. The SMILES string of the molecule is CCOc1ccccc1CCNc1ccc(C#N)cc1. The molecular weight excluding hydrogens is 248 g/mol. The summed E-state index contributed by atoms with van der Waals surface area (Å²) >= 11 is 0. The summed E-state index contributed by atoms with van der Waals surface area (Å²) in [6.45, 7) is 3.50. The zero-order chi connectivity index (χ0) is 14.2. The van der Waals surface area contributed by atoms with Gasteiger partial charge in [-0.25, -0.2) is 0 Å². The number of nitrogens with zero attached hydrogens (tertiary/aromatic N) is 1. The summed E-state index contributed by atoms with van der Waals surface area (Å²) in [4.78, 5) is 0. The van der Waals surface area contributed by atoms with Crippen molar-refractivity contribution < 1.29 is 4.74 Å². The van der Waals surface area contributed by atoms with Gasteiger partial charge < -0.3 is 10.1 Å². The van der Waals surface area contributed by atoms with Crippen LogP contribution in [-0.4, -0.2) is 13.2 Å². The maximum absolute atomic E-state index is 8.75. The van der Waals surface area contributed by atoms with Crippen molar-refractivity contribution in [3.8, 4) is 11.8 Å². The van der Waals surface area contributed by atoms with Crippen molar-refractivity contribution in [2.75, 3.05) is 18.5 Å². The van der Waals surface area contributed by atoms with Gasteiger partial charge in [0.05, 0.1) is 18.2 Å². The van der Waals surface area contributed by atoms with Gasteiger partial charge in [0.25, 0.3) is 0 Å². The Morgan fingerprint density at radius 3 is 2.55 bits per heavy atom. The second kappa shape index (κ2) is 7.20. The molecule has 3 heteroatoms. The van der Waals surface area contributed by atoms with Gasteiger partial charge in [0.2, 0.25) is 0 Å². The minimum Gasteiger partial charge on any atom is -0.494 e. The van der Waals surface area contributed by atoms with Crippen LogP contribution in [0.25, 0.3) is 0 Å². The number of para-hydroxylation sites is 1. The van der Waals surface area contributed by atoms with Crippen LogP contribution in [0, 0.1) is 11.3 Å². The van der Waals surface area contributed by atoms with Crippen LogP contribution in [0.3, 0.4) is 0 Å². The van der Waals surface area contributed by atoms with Crippen LogP contribution in [0.2, 0.25) is 0 Å². The molecule has 2 aromatic rings. The largest absolute Gasteiger partial charge is 0.494 e. The van der Waals surface area contributed by atoms with Crippen LogP contribution in [-0.2, 0) is 6.42 Å². The fourth-order valence-electron chi connectivity index (χ4n) is 2.01. The number of hydrogen-bond acceptors (Lipinski definition) is 3. The first-order valence-corrected chi connectivity index (χ1v) is 6.78. The van der Waals surface area contributed by atoms with Gasteiger partial charge in [-0.05, 0) is 49.2 Å². The maximum atomic E-state index is 8.75. The van der Waals surface area contributed by atoms with Crippen LogP contribution in [0.4, 0.5) is 5.69 Å². The average molecular weight is 266 g/mol. The van der Waals surface area contributed by atoms with Crippen LogP contribution in [0.5, 0.6) is 5.75 Å². The van der Waals surface area contributed by atoms with Crippen LogP contribution >= 0.6 is 0 Å². The third kappa shape index (κ3) is 3.76. The minimum atomic E-state index is 0.678. The topological polar surface area (TPSA) is 45.0 Å². The number of ether oxygens (including phenoxy) is 1. The van der Waals surface area contributed by atoms with Crippen molar-refractivity contribution in [1.82, 2.24) is 0 Å². The number of anilines is 1. The van der Waals surface area contributed by atoms with Crippen LogP contribution in [0.15, 0.2) is 48.5 Å². The molecule has 0 aliphatic carbocycles. The Morgan fingerprint density at radius 2 is 1.85 bits per heavy atom. The molecule has 0 saturated heterocycles. The van der Waals surface area contributed by atoms with Gasteiger partial charge in [-0.1, -0.05) is 18.2 Å². The first-order valence-electron chi connectivity index (χ1n) is 6.78. The highest BCUT2D eigenvalue weighted by atomic mass is 16.5. The van der Waals surface area contributed by atoms with E-state index >= 15 is 0 Å². The van der Waals surface area contributed by atoms with Crippen LogP contribution in [0.1, 0.15) is 18.1 Å². The average Bonchev–Trinajstić information content (AvgIpc) is 2.50. The molecule has 0 fully saturated rings. The summed E-state index contributed by atoms with van der Waals surface area (Å²) in [5.41, 5.74) is 2.91. The fraction of sp³-hybridized carbons (Fsp3) is 0.235. The van der Waals surface area contributed by atoms with Crippen molar-refractivity contribution in [1.29, 1.82) is 5.26 Å². The van der Waals surface area contributed by atoms with Gasteiger partial charge in [-0.15, -0.1) is 0 Å². The predicted octanol–water partition coefficient (Wildman–Crippen LogP) is 3.61. The Labute approximate surface area is 119 Å². The number of benzene rings is 2. The molecule has 0 aromatic heterocycles. The molecule has 0 unspecified atom stereocenters. The summed E-state index contributed by atoms with van der Waals surface area (Å²) in [5.74, 6) is 0.955. The zero-order valence-electron chi connectivity index (χ0n) is 11.6. The summed E-state index contributed by atoms with van der Waals surface area (Å²) in [6, 6.07) is 17.7. The molecule has 0 aliphatic rings. The van der Waals surface area contributed by atoms with Crippen molar-refractivity contribution in [2.24, 2.45) is 0 Å². The first kappa shape index (κ1) is 14.0. The lowest BCUT2D eigenvalue weighted by Crippen LogP contribution is -2.06. The lowest BCUT2D eigenvalue weighted by atomic mass is 10.1. The molecule has 2 aromatic carbocycles. The Kier molecular flexibility index (Phi) is 5.02. The second-order valence-electron chi connectivity index (χ2n) is 4.41. The molecule has 0 atom stereocenters. The van der Waals surface area contributed by atoms with Gasteiger partial charge in [0, 0.05) is 12.2 Å². The number of nitriles is 1. The lowest BCUT2D eigenvalue weighted by Gasteiger charge is -2.11. The number of hydrogen-bond donors (Lipinski definition) is 1. The molecule has 0 radical (unpaired) electrons. The minimum absolute atomic E-state index is 0.678. The molecule has 0 aliphatic heterocycles. The van der Waals surface area contributed by atoms with E-state index in [1.807, 2.05) is 49.4 Å². The third-order valence-corrected chi connectivity index (χ3v) is 3.01. The van der Waals surface area contributed by atoms with Gasteiger partial charge >= 0.3 is 0 Å². The highest BCUT2D eigenvalue weighted by molar-refractivity contribution is 5.47. The predicted molar refractivity (Wildman–Crippen MR) is 81.0 cm³/mol. The van der Waals surface area contributed by atoms with Crippen molar-refractivity contribution in [3.63, 3.8) is 0 Å². The van der Waals surface area contributed by atoms with E-state index in [-0.39, 0.29) is 0 Å². The lowest BCUT2D eigenvalue weighted by molar-refractivity contribution is 0.336. The molecule has 0 spiro atoms. The summed E-state index contributed by atoms with van der Waals surface area (Å²) in [5, 5.41) is 12.1.